The second-order valence-electron chi connectivity index (χ2n) is 18.1. The molecule has 9 N–H and O–H groups in total. The number of amides is 7. The Morgan fingerprint density at radius 2 is 1.57 bits per heavy atom. The number of likely N-dealkylation sites (N-methyl/N-ethyl adjacent to an activating group) is 1. The molecule has 2 heterocycles. The first kappa shape index (κ1) is 57.0. The molecule has 7 amide bonds. The molecule has 2 aliphatic rings. The third-order valence-corrected chi connectivity index (χ3v) is 12.1. The number of nitrogens with one attached hydrogen (secondary N) is 5. The van der Waals surface area contributed by atoms with Gasteiger partial charge >= 0.3 is 11.9 Å². The highest BCUT2D eigenvalue weighted by molar-refractivity contribution is 5.99. The van der Waals surface area contributed by atoms with E-state index in [0.717, 1.165) is 20.0 Å². The van der Waals surface area contributed by atoms with Gasteiger partial charge in [-0.25, -0.2) is 4.79 Å². The molecule has 69 heavy (non-hydrogen) atoms. The minimum Gasteiger partial charge on any atom is -0.469 e. The van der Waals surface area contributed by atoms with Crippen LogP contribution < -0.4 is 38.1 Å². The lowest BCUT2D eigenvalue weighted by molar-refractivity contribution is -0.171. The predicted octanol–water partition coefficient (Wildman–Crippen LogP) is -0.102. The Morgan fingerprint density at radius 1 is 0.884 bits per heavy atom. The van der Waals surface area contributed by atoms with Gasteiger partial charge in [-0.2, -0.15) is 0 Å². The number of unbranched alkanes of at least 4 members (excludes halogenated alkanes) is 2. The summed E-state index contributed by atoms with van der Waals surface area (Å²) in [7, 11) is 3.93. The van der Waals surface area contributed by atoms with E-state index in [1.807, 2.05) is 6.92 Å². The first-order valence-electron chi connectivity index (χ1n) is 23.6. The molecule has 22 heteroatoms. The van der Waals surface area contributed by atoms with Gasteiger partial charge < -0.3 is 62.1 Å². The number of nitrogens with two attached hydrogens (primary N) is 2. The summed E-state index contributed by atoms with van der Waals surface area (Å²) in [5.74, 6) is -8.68. The highest BCUT2D eigenvalue weighted by atomic mass is 16.5. The third kappa shape index (κ3) is 16.7. The van der Waals surface area contributed by atoms with Crippen molar-refractivity contribution in [1.82, 2.24) is 36.4 Å². The van der Waals surface area contributed by atoms with Crippen LogP contribution in [0.1, 0.15) is 105 Å². The summed E-state index contributed by atoms with van der Waals surface area (Å²) in [4.78, 5) is 133. The fourth-order valence-electron chi connectivity index (χ4n) is 8.19. The summed E-state index contributed by atoms with van der Waals surface area (Å²) >= 11 is 0. The van der Waals surface area contributed by atoms with Crippen molar-refractivity contribution in [1.29, 1.82) is 0 Å². The zero-order valence-corrected chi connectivity index (χ0v) is 41.4. The molecule has 2 bridgehead atoms. The van der Waals surface area contributed by atoms with Crippen LogP contribution in [0.4, 0.5) is 0 Å². The number of nitrogens with zero attached hydrogens (tertiary/aromatic N) is 3. The smallest absolute Gasteiger partial charge is 0.329 e. The Kier molecular flexibility index (Phi) is 22.8. The Hall–Kier alpha value is -6.32. The van der Waals surface area contributed by atoms with Crippen LogP contribution in [0, 0.1) is 11.8 Å². The molecule has 22 nitrogen and oxygen atoms in total. The van der Waals surface area contributed by atoms with Crippen LogP contribution >= 0.6 is 0 Å². The summed E-state index contributed by atoms with van der Waals surface area (Å²) < 4.78 is 16.4. The zero-order chi connectivity index (χ0) is 51.5. The molecule has 1 aromatic rings. The molecule has 9 atom stereocenters. The number of piperidine rings is 1. The van der Waals surface area contributed by atoms with E-state index in [4.69, 9.17) is 25.7 Å². The highest BCUT2D eigenvalue weighted by Crippen LogP contribution is 2.28. The molecule has 0 unspecified atom stereocenters. The van der Waals surface area contributed by atoms with E-state index >= 15 is 0 Å². The SMILES string of the molecule is CCCCCC(=O)N[C@H](CC(=O)OC)C(=O)N[C@@H]1C(=O)N[C@@H](CCCN=C(N)N)C(=O)N[C@H]2CC[C@@H](OC)N(C2=O)[C@@H](C(C)C)C(=O)N(C)[C@@H](Cc2ccccc2)C(=O)N[C@@H](C(C)C)C(=O)O[C@H]1C. The number of rotatable bonds is 18. The molecular formula is C47H74N10O12. The standard InChI is InChI=1S/C47H74N10O12/c1-10-11-13-20-34(58)51-32(25-36(59)68-9)41(61)55-38-28(6)69-46(66)37(26(2)3)54-42(62)33(24-29-17-14-12-15-18-29)56(7)45(65)39(27(4)5)57-35(67-8)22-21-31(44(57)64)53-40(60)30(52-43(38)63)19-16-23-50-47(48)49/h12,14-15,17-18,26-28,30-33,35,37-39H,10-11,13,16,19-25H2,1-9H3,(H,51,58)(H,52,63)(H,53,60)(H,54,62)(H,55,61)(H4,48,49,50)/t28-,30-,31-,32+,33-,35+,37-,38-,39-/m0/s1. The van der Waals surface area contributed by atoms with E-state index in [1.54, 1.807) is 58.0 Å². The number of cyclic esters (lactones) is 1. The molecule has 2 aliphatic heterocycles. The molecule has 3 rings (SSSR count). The summed E-state index contributed by atoms with van der Waals surface area (Å²) in [5.41, 5.74) is 11.8. The van der Waals surface area contributed by atoms with Gasteiger partial charge in [0.2, 0.25) is 41.4 Å². The van der Waals surface area contributed by atoms with E-state index in [-0.39, 0.29) is 51.0 Å². The van der Waals surface area contributed by atoms with Crippen LogP contribution in [0.2, 0.25) is 0 Å². The Morgan fingerprint density at radius 3 is 2.16 bits per heavy atom. The number of fused-ring (bicyclic) bond motifs is 2. The first-order chi connectivity index (χ1) is 32.6. The third-order valence-electron chi connectivity index (χ3n) is 12.1. The van der Waals surface area contributed by atoms with Crippen molar-refractivity contribution in [2.45, 2.75) is 160 Å². The van der Waals surface area contributed by atoms with Crippen molar-refractivity contribution in [3.8, 4) is 0 Å². The lowest BCUT2D eigenvalue weighted by Crippen LogP contribution is -2.66. The number of benzene rings is 1. The maximum atomic E-state index is 14.9. The number of hydrogen-bond donors (Lipinski definition) is 7. The lowest BCUT2D eigenvalue weighted by Gasteiger charge is -2.45. The molecule has 0 saturated carbocycles. The number of ether oxygens (including phenoxy) is 3. The maximum Gasteiger partial charge on any atom is 0.329 e. The van der Waals surface area contributed by atoms with Gasteiger partial charge in [-0.05, 0) is 56.4 Å². The number of guanidine groups is 1. The van der Waals surface area contributed by atoms with Gasteiger partial charge in [-0.3, -0.25) is 43.3 Å². The van der Waals surface area contributed by atoms with Crippen LogP contribution in [0.15, 0.2) is 35.3 Å². The largest absolute Gasteiger partial charge is 0.469 e. The average Bonchev–Trinajstić information content (AvgIpc) is 3.30. The summed E-state index contributed by atoms with van der Waals surface area (Å²) in [6, 6.07) is -0.909. The molecule has 0 radical (unpaired) electrons. The first-order valence-corrected chi connectivity index (χ1v) is 23.6. The van der Waals surface area contributed by atoms with Crippen molar-refractivity contribution in [3.63, 3.8) is 0 Å². The molecule has 2 saturated heterocycles. The lowest BCUT2D eigenvalue weighted by atomic mass is 9.93. The van der Waals surface area contributed by atoms with E-state index in [0.29, 0.717) is 12.0 Å². The Balaban J connectivity index is 2.24. The molecule has 0 aromatic heterocycles. The van der Waals surface area contributed by atoms with Crippen molar-refractivity contribution in [3.05, 3.63) is 35.9 Å². The van der Waals surface area contributed by atoms with Gasteiger partial charge in [0.05, 0.1) is 13.5 Å². The van der Waals surface area contributed by atoms with Gasteiger partial charge in [-0.1, -0.05) is 77.8 Å². The zero-order valence-electron chi connectivity index (χ0n) is 41.4. The van der Waals surface area contributed by atoms with Crippen LogP contribution in [0.3, 0.4) is 0 Å². The highest BCUT2D eigenvalue weighted by Gasteiger charge is 2.47. The van der Waals surface area contributed by atoms with Crippen molar-refractivity contribution >= 4 is 59.2 Å². The number of aliphatic imine (C=N–C) groups is 1. The monoisotopic (exact) mass is 971 g/mol. The van der Waals surface area contributed by atoms with Crippen LogP contribution in [0.25, 0.3) is 0 Å². The summed E-state index contributed by atoms with van der Waals surface area (Å²) in [6.45, 7) is 10.0. The maximum absolute atomic E-state index is 14.9. The second kappa shape index (κ2) is 27.6. The van der Waals surface area contributed by atoms with Crippen LogP contribution in [-0.2, 0) is 63.8 Å². The average molecular weight is 971 g/mol. The Labute approximate surface area is 404 Å². The van der Waals surface area contributed by atoms with Gasteiger partial charge in [0.25, 0.3) is 0 Å². The number of methoxy groups -OCH3 is 2. The topological polar surface area (TPSA) is 312 Å². The number of hydrogen-bond acceptors (Lipinski definition) is 13. The van der Waals surface area contributed by atoms with Gasteiger partial charge in [0.15, 0.2) is 5.96 Å². The van der Waals surface area contributed by atoms with E-state index in [1.165, 1.54) is 30.9 Å². The molecule has 0 spiro atoms. The van der Waals surface area contributed by atoms with Gasteiger partial charge in [-0.15, -0.1) is 0 Å². The van der Waals surface area contributed by atoms with E-state index in [9.17, 15) is 43.2 Å². The van der Waals surface area contributed by atoms with Crippen LogP contribution in [-0.4, -0.2) is 151 Å². The number of carbonyl (C=O) groups excluding carboxylic acids is 9. The molecule has 2 fully saturated rings. The number of carbonyl (C=O) groups is 9. The quantitative estimate of drug-likeness (QED) is 0.0438. The summed E-state index contributed by atoms with van der Waals surface area (Å²) in [5, 5.41) is 13.2. The van der Waals surface area contributed by atoms with E-state index < -0.39 is 126 Å². The molecule has 384 valence electrons. The normalized spacial score (nSPS) is 24.7. The van der Waals surface area contributed by atoms with Crippen molar-refractivity contribution in [2.24, 2.45) is 28.3 Å². The minimum absolute atomic E-state index is 0.00291. The van der Waals surface area contributed by atoms with Gasteiger partial charge in [0, 0.05) is 33.5 Å². The fourth-order valence-corrected chi connectivity index (χ4v) is 8.19. The minimum atomic E-state index is -1.80. The van der Waals surface area contributed by atoms with E-state index in [2.05, 4.69) is 31.6 Å². The molecule has 0 aliphatic carbocycles. The Bertz CT molecular complexity index is 1980. The molecule has 1 aromatic carbocycles. The summed E-state index contributed by atoms with van der Waals surface area (Å²) in [6.07, 6.45) is -0.694. The van der Waals surface area contributed by atoms with Crippen molar-refractivity contribution in [2.75, 3.05) is 27.8 Å². The second-order valence-corrected chi connectivity index (χ2v) is 18.1. The van der Waals surface area contributed by atoms with Crippen molar-refractivity contribution < 1.29 is 57.4 Å². The number of esters is 2. The predicted molar refractivity (Wildman–Crippen MR) is 253 cm³/mol. The fraction of sp³-hybridized carbons (Fsp3) is 0.660. The van der Waals surface area contributed by atoms with Gasteiger partial charge in [0.1, 0.15) is 54.6 Å². The molecular weight excluding hydrogens is 897 g/mol. The van der Waals surface area contributed by atoms with Crippen LogP contribution in [0.5, 0.6) is 0 Å².